The number of methoxy groups -OCH3 is 2. The topological polar surface area (TPSA) is 118 Å². The second-order valence-corrected chi connectivity index (χ2v) is 7.83. The second kappa shape index (κ2) is 11.7. The Labute approximate surface area is 218 Å². The van der Waals surface area contributed by atoms with Crippen LogP contribution >= 0.6 is 0 Å². The van der Waals surface area contributed by atoms with Crippen LogP contribution in [0.15, 0.2) is 73.6 Å². The largest absolute Gasteiger partial charge is 0.493 e. The molecule has 0 bridgehead atoms. The van der Waals surface area contributed by atoms with Gasteiger partial charge in [-0.15, -0.1) is 0 Å². The molecule has 38 heavy (non-hydrogen) atoms. The van der Waals surface area contributed by atoms with Crippen molar-refractivity contribution in [2.24, 2.45) is 0 Å². The summed E-state index contributed by atoms with van der Waals surface area (Å²) >= 11 is 0. The van der Waals surface area contributed by atoms with Crippen LogP contribution in [-0.4, -0.2) is 36.1 Å². The number of aromatic nitrogens is 2. The summed E-state index contributed by atoms with van der Waals surface area (Å²) in [5.74, 6) is 0.310. The number of nitrogens with one attached hydrogen (secondary N) is 1. The van der Waals surface area contributed by atoms with Crippen molar-refractivity contribution in [2.45, 2.75) is 13.5 Å². The molecule has 0 spiro atoms. The van der Waals surface area contributed by atoms with E-state index in [2.05, 4.69) is 21.9 Å². The maximum absolute atomic E-state index is 12.3. The lowest BCUT2D eigenvalue weighted by Gasteiger charge is -2.19. The molecule has 0 amide bonds. The van der Waals surface area contributed by atoms with E-state index in [9.17, 15) is 9.59 Å². The van der Waals surface area contributed by atoms with Crippen LogP contribution in [0, 0.1) is 0 Å². The highest BCUT2D eigenvalue weighted by molar-refractivity contribution is 5.95. The molecule has 1 N–H and O–H groups in total. The van der Waals surface area contributed by atoms with E-state index in [-0.39, 0.29) is 23.9 Å². The Hall–Kier alpha value is -5.12. The third kappa shape index (κ3) is 5.81. The number of fused-ring (bicyclic) bond motifs is 1. The van der Waals surface area contributed by atoms with Crippen LogP contribution < -0.4 is 29.0 Å². The molecule has 10 nitrogen and oxygen atoms in total. The van der Waals surface area contributed by atoms with Gasteiger partial charge in [-0.25, -0.2) is 14.8 Å². The minimum Gasteiger partial charge on any atom is -0.493 e. The number of carbonyl (C=O) groups is 2. The number of benzene rings is 3. The molecule has 1 heterocycles. The Morgan fingerprint density at radius 1 is 0.921 bits per heavy atom. The van der Waals surface area contributed by atoms with Crippen molar-refractivity contribution in [3.8, 4) is 28.7 Å². The fourth-order valence-electron chi connectivity index (χ4n) is 3.60. The number of anilines is 2. The van der Waals surface area contributed by atoms with Crippen LogP contribution in [0.1, 0.15) is 12.5 Å². The van der Waals surface area contributed by atoms with Crippen molar-refractivity contribution >= 4 is 34.3 Å². The summed E-state index contributed by atoms with van der Waals surface area (Å²) < 4.78 is 27.8. The molecule has 0 unspecified atom stereocenters. The molecular formula is C28H25N3O7. The first-order valence-corrected chi connectivity index (χ1v) is 11.4. The Balaban J connectivity index is 1.80. The normalized spacial score (nSPS) is 10.4. The number of hydrogen-bond donors (Lipinski definition) is 1. The highest BCUT2D eigenvalue weighted by Crippen LogP contribution is 2.45. The summed E-state index contributed by atoms with van der Waals surface area (Å²) in [7, 11) is 2.95. The molecule has 1 aromatic heterocycles. The van der Waals surface area contributed by atoms with Crippen LogP contribution in [0.5, 0.6) is 28.7 Å². The Kier molecular flexibility index (Phi) is 8.02. The van der Waals surface area contributed by atoms with Gasteiger partial charge in [-0.3, -0.25) is 4.79 Å². The van der Waals surface area contributed by atoms with E-state index in [1.54, 1.807) is 24.3 Å². The fourth-order valence-corrected chi connectivity index (χ4v) is 3.60. The minimum atomic E-state index is -0.694. The average Bonchev–Trinajstić information content (AvgIpc) is 2.93. The van der Waals surface area contributed by atoms with E-state index < -0.39 is 11.9 Å². The number of ether oxygens (including phenoxy) is 5. The second-order valence-electron chi connectivity index (χ2n) is 7.83. The molecule has 3 aromatic carbocycles. The maximum atomic E-state index is 12.3. The summed E-state index contributed by atoms with van der Waals surface area (Å²) in [6, 6.07) is 16.1. The molecule has 0 aliphatic carbocycles. The van der Waals surface area contributed by atoms with Gasteiger partial charge in [0.25, 0.3) is 0 Å². The molecule has 0 radical (unpaired) electrons. The van der Waals surface area contributed by atoms with E-state index >= 15 is 0 Å². The van der Waals surface area contributed by atoms with Gasteiger partial charge in [0.15, 0.2) is 23.0 Å². The Morgan fingerprint density at radius 2 is 1.68 bits per heavy atom. The van der Waals surface area contributed by atoms with Crippen LogP contribution in [-0.2, 0) is 16.2 Å². The zero-order valence-electron chi connectivity index (χ0n) is 21.0. The zero-order chi connectivity index (χ0) is 27.1. The van der Waals surface area contributed by atoms with Crippen LogP contribution in [0.25, 0.3) is 10.9 Å². The molecule has 0 aliphatic rings. The Morgan fingerprint density at radius 3 is 2.37 bits per heavy atom. The molecule has 0 fully saturated rings. The smallest absolute Gasteiger partial charge is 0.335 e. The number of nitrogens with zero attached hydrogens (tertiary/aromatic N) is 2. The summed E-state index contributed by atoms with van der Waals surface area (Å²) in [6.07, 6.45) is 2.41. The summed E-state index contributed by atoms with van der Waals surface area (Å²) in [5, 5.41) is 3.69. The lowest BCUT2D eigenvalue weighted by Crippen LogP contribution is -2.09. The molecular weight excluding hydrogens is 490 g/mol. The molecule has 0 atom stereocenters. The zero-order valence-corrected chi connectivity index (χ0v) is 21.0. The number of hydrogen-bond acceptors (Lipinski definition) is 10. The molecule has 194 valence electrons. The number of carbonyl (C=O) groups excluding carboxylic acids is 2. The summed E-state index contributed by atoms with van der Waals surface area (Å²) in [4.78, 5) is 32.6. The molecule has 0 saturated heterocycles. The molecule has 10 heteroatoms. The molecule has 0 aliphatic heterocycles. The molecule has 0 saturated carbocycles. The van der Waals surface area contributed by atoms with Crippen LogP contribution in [0.3, 0.4) is 0 Å². The quantitative estimate of drug-likeness (QED) is 0.176. The van der Waals surface area contributed by atoms with Gasteiger partial charge in [0.1, 0.15) is 18.8 Å². The monoisotopic (exact) mass is 515 g/mol. The van der Waals surface area contributed by atoms with Gasteiger partial charge in [-0.1, -0.05) is 36.9 Å². The van der Waals surface area contributed by atoms with Gasteiger partial charge >= 0.3 is 11.9 Å². The van der Waals surface area contributed by atoms with Gasteiger partial charge in [-0.2, -0.15) is 0 Å². The van der Waals surface area contributed by atoms with Crippen molar-refractivity contribution in [3.05, 3.63) is 79.1 Å². The first kappa shape index (κ1) is 26.0. The third-order valence-corrected chi connectivity index (χ3v) is 5.32. The first-order chi connectivity index (χ1) is 18.4. The van der Waals surface area contributed by atoms with Crippen LogP contribution in [0.2, 0.25) is 0 Å². The molecule has 4 aromatic rings. The van der Waals surface area contributed by atoms with Crippen LogP contribution in [0.4, 0.5) is 11.5 Å². The highest BCUT2D eigenvalue weighted by atomic mass is 16.6. The standard InChI is InChI=1S/C28H25N3O7/c1-5-25(33)38-26-20(11-12-22(34-3)27(26)36-15-18-9-7-6-8-10-18)31-28-19-13-24(37-17(2)32)23(35-4)14-21(19)29-16-30-28/h5-14,16H,1,15H2,2-4H3,(H,29,30,31). The Bertz CT molecular complexity index is 1490. The number of esters is 2. The minimum absolute atomic E-state index is 0.0747. The fraction of sp³-hybridized carbons (Fsp3) is 0.143. The SMILES string of the molecule is C=CC(=O)Oc1c(Nc2ncnc3cc(OC)c(OC(C)=O)cc23)ccc(OC)c1OCc1ccccc1. The van der Waals surface area contributed by atoms with E-state index in [4.69, 9.17) is 23.7 Å². The lowest BCUT2D eigenvalue weighted by atomic mass is 10.2. The van der Waals surface area contributed by atoms with Gasteiger partial charge < -0.3 is 29.0 Å². The van der Waals surface area contributed by atoms with Crippen molar-refractivity contribution < 1.29 is 33.3 Å². The van der Waals surface area contributed by atoms with Crippen molar-refractivity contribution in [3.63, 3.8) is 0 Å². The predicted molar refractivity (Wildman–Crippen MR) is 140 cm³/mol. The van der Waals surface area contributed by atoms with Gasteiger partial charge in [-0.05, 0) is 23.8 Å². The van der Waals surface area contributed by atoms with Crippen molar-refractivity contribution in [1.29, 1.82) is 0 Å². The van der Waals surface area contributed by atoms with E-state index in [1.165, 1.54) is 27.5 Å². The third-order valence-electron chi connectivity index (χ3n) is 5.32. The summed E-state index contributed by atoms with van der Waals surface area (Å²) in [6.45, 7) is 4.97. The van der Waals surface area contributed by atoms with E-state index in [0.717, 1.165) is 11.6 Å². The summed E-state index contributed by atoms with van der Waals surface area (Å²) in [5.41, 5.74) is 1.78. The number of rotatable bonds is 10. The average molecular weight is 516 g/mol. The first-order valence-electron chi connectivity index (χ1n) is 11.4. The van der Waals surface area contributed by atoms with E-state index in [0.29, 0.717) is 33.9 Å². The van der Waals surface area contributed by atoms with Gasteiger partial charge in [0.05, 0.1) is 25.4 Å². The van der Waals surface area contributed by atoms with Gasteiger partial charge in [0, 0.05) is 24.5 Å². The van der Waals surface area contributed by atoms with Crippen molar-refractivity contribution in [2.75, 3.05) is 19.5 Å². The maximum Gasteiger partial charge on any atom is 0.335 e. The lowest BCUT2D eigenvalue weighted by molar-refractivity contribution is -0.132. The van der Waals surface area contributed by atoms with Crippen molar-refractivity contribution in [1.82, 2.24) is 9.97 Å². The van der Waals surface area contributed by atoms with E-state index in [1.807, 2.05) is 30.3 Å². The molecule has 4 rings (SSSR count). The highest BCUT2D eigenvalue weighted by Gasteiger charge is 2.22. The van der Waals surface area contributed by atoms with Gasteiger partial charge in [0.2, 0.25) is 5.75 Å². The predicted octanol–water partition coefficient (Wildman–Crippen LogP) is 4.99.